The molecule has 6 heteroatoms. The van der Waals surface area contributed by atoms with Crippen LogP contribution in [0.1, 0.15) is 25.3 Å². The van der Waals surface area contributed by atoms with E-state index in [4.69, 9.17) is 0 Å². The minimum absolute atomic E-state index is 0.0358. The Bertz CT molecular complexity index is 646. The van der Waals surface area contributed by atoms with Crippen LogP contribution in [0.2, 0.25) is 0 Å². The molecule has 0 saturated carbocycles. The number of nitrogens with zero attached hydrogens (tertiary/aromatic N) is 2. The topological polar surface area (TPSA) is 56.0 Å². The van der Waals surface area contributed by atoms with E-state index < -0.39 is 10.7 Å². The van der Waals surface area contributed by atoms with Crippen LogP contribution in [0.5, 0.6) is 0 Å². The van der Waals surface area contributed by atoms with Gasteiger partial charge in [0.05, 0.1) is 21.9 Å². The van der Waals surface area contributed by atoms with Gasteiger partial charge in [-0.1, -0.05) is 29.8 Å². The van der Waals surface area contributed by atoms with Gasteiger partial charge in [0.25, 0.3) is 5.69 Å². The van der Waals surface area contributed by atoms with Crippen LogP contribution >= 0.6 is 15.9 Å². The molecule has 4 nitrogen and oxygen atoms in total. The van der Waals surface area contributed by atoms with Crippen LogP contribution in [0.15, 0.2) is 24.4 Å². The Balaban J connectivity index is 2.83. The first-order chi connectivity index (χ1) is 8.93. The average molecular weight is 327 g/mol. The van der Waals surface area contributed by atoms with Crippen molar-refractivity contribution in [2.75, 3.05) is 0 Å². The fourth-order valence-corrected chi connectivity index (χ4v) is 2.29. The molecule has 2 atom stereocenters. The minimum Gasteiger partial charge on any atom is -0.258 e. The van der Waals surface area contributed by atoms with Gasteiger partial charge in [-0.3, -0.25) is 15.1 Å². The van der Waals surface area contributed by atoms with Gasteiger partial charge in [-0.05, 0) is 18.1 Å². The highest BCUT2D eigenvalue weighted by atomic mass is 79.9. The van der Waals surface area contributed by atoms with E-state index in [1.54, 1.807) is 12.1 Å². The molecule has 1 aromatic heterocycles. The van der Waals surface area contributed by atoms with Crippen LogP contribution in [-0.2, 0) is 0 Å². The third kappa shape index (κ3) is 2.45. The molecule has 1 heterocycles. The van der Waals surface area contributed by atoms with Gasteiger partial charge in [-0.2, -0.15) is 0 Å². The molecule has 2 aromatic rings. The molecule has 0 N–H and O–H groups in total. The number of hydrogen-bond acceptors (Lipinski definition) is 3. The molecule has 2 unspecified atom stereocenters. The van der Waals surface area contributed by atoms with Crippen LogP contribution in [0.3, 0.4) is 0 Å². The van der Waals surface area contributed by atoms with E-state index in [2.05, 4.69) is 20.9 Å². The Labute approximate surface area is 117 Å². The quantitative estimate of drug-likeness (QED) is 0.483. The molecule has 0 amide bonds. The zero-order chi connectivity index (χ0) is 14.2. The van der Waals surface area contributed by atoms with E-state index >= 15 is 0 Å². The lowest BCUT2D eigenvalue weighted by atomic mass is 9.94. The van der Waals surface area contributed by atoms with Crippen molar-refractivity contribution in [2.24, 2.45) is 0 Å². The van der Waals surface area contributed by atoms with Gasteiger partial charge in [-0.25, -0.2) is 4.39 Å². The first kappa shape index (κ1) is 13.9. The number of non-ortho nitro benzene ring substituents is 1. The lowest BCUT2D eigenvalue weighted by Crippen LogP contribution is -2.09. The first-order valence-electron chi connectivity index (χ1n) is 5.79. The lowest BCUT2D eigenvalue weighted by Gasteiger charge is -2.17. The molecule has 0 aliphatic carbocycles. The standard InChI is InChI=1S/C13H12BrFN2O2/c1-7(8(2)14)12-10(15)6-11(17(18)19)9-4-3-5-16-13(9)12/h3-8H,1-2H3. The van der Waals surface area contributed by atoms with Crippen molar-refractivity contribution >= 4 is 32.5 Å². The van der Waals surface area contributed by atoms with Gasteiger partial charge < -0.3 is 0 Å². The minimum atomic E-state index is -0.586. The van der Waals surface area contributed by atoms with Crippen molar-refractivity contribution in [3.63, 3.8) is 0 Å². The van der Waals surface area contributed by atoms with Crippen molar-refractivity contribution in [3.8, 4) is 0 Å². The summed E-state index contributed by atoms with van der Waals surface area (Å²) in [5.41, 5.74) is 0.511. The highest BCUT2D eigenvalue weighted by Crippen LogP contribution is 2.36. The molecule has 19 heavy (non-hydrogen) atoms. The molecular formula is C13H12BrFN2O2. The molecule has 0 saturated heterocycles. The molecule has 0 spiro atoms. The fraction of sp³-hybridized carbons (Fsp3) is 0.308. The summed E-state index contributed by atoms with van der Waals surface area (Å²) in [5, 5.41) is 11.3. The molecule has 100 valence electrons. The molecule has 1 aromatic carbocycles. The maximum atomic E-state index is 14.2. The van der Waals surface area contributed by atoms with Crippen LogP contribution in [-0.4, -0.2) is 14.7 Å². The number of nitro groups is 1. The van der Waals surface area contributed by atoms with E-state index in [0.717, 1.165) is 6.07 Å². The normalized spacial score (nSPS) is 14.3. The van der Waals surface area contributed by atoms with Crippen LogP contribution in [0.25, 0.3) is 10.9 Å². The van der Waals surface area contributed by atoms with Gasteiger partial charge in [0.2, 0.25) is 0 Å². The second-order valence-corrected chi connectivity index (χ2v) is 5.86. The Morgan fingerprint density at radius 2 is 2.16 bits per heavy atom. The van der Waals surface area contributed by atoms with E-state index in [1.807, 2.05) is 13.8 Å². The maximum Gasteiger partial charge on any atom is 0.281 e. The number of pyridine rings is 1. The van der Waals surface area contributed by atoms with Crippen molar-refractivity contribution in [1.29, 1.82) is 0 Å². The second kappa shape index (κ2) is 5.21. The third-order valence-electron chi connectivity index (χ3n) is 3.20. The molecule has 0 aliphatic rings. The fourth-order valence-electron chi connectivity index (χ4n) is 2.03. The van der Waals surface area contributed by atoms with Gasteiger partial charge in [0.15, 0.2) is 0 Å². The van der Waals surface area contributed by atoms with Gasteiger partial charge in [-0.15, -0.1) is 0 Å². The maximum absolute atomic E-state index is 14.2. The summed E-state index contributed by atoms with van der Waals surface area (Å²) in [7, 11) is 0. The lowest BCUT2D eigenvalue weighted by molar-refractivity contribution is -0.383. The zero-order valence-corrected chi connectivity index (χ0v) is 12.0. The second-order valence-electron chi connectivity index (χ2n) is 4.41. The SMILES string of the molecule is CC(Br)C(C)c1c(F)cc([N+](=O)[O-])c2cccnc12. The highest BCUT2D eigenvalue weighted by Gasteiger charge is 2.24. The van der Waals surface area contributed by atoms with E-state index in [1.165, 1.54) is 6.20 Å². The molecule has 0 bridgehead atoms. The average Bonchev–Trinajstić information content (AvgIpc) is 2.36. The largest absolute Gasteiger partial charge is 0.281 e. The van der Waals surface area contributed by atoms with Crippen molar-refractivity contribution in [3.05, 3.63) is 45.9 Å². The Hall–Kier alpha value is -1.56. The number of benzene rings is 1. The Morgan fingerprint density at radius 3 is 2.74 bits per heavy atom. The third-order valence-corrected chi connectivity index (χ3v) is 3.99. The molecule has 0 aliphatic heterocycles. The molecular weight excluding hydrogens is 315 g/mol. The number of halogens is 2. The van der Waals surface area contributed by atoms with Crippen molar-refractivity contribution < 1.29 is 9.31 Å². The summed E-state index contributed by atoms with van der Waals surface area (Å²) < 4.78 is 14.2. The van der Waals surface area contributed by atoms with Crippen molar-refractivity contribution in [1.82, 2.24) is 4.98 Å². The number of hydrogen-bond donors (Lipinski definition) is 0. The Morgan fingerprint density at radius 1 is 1.47 bits per heavy atom. The zero-order valence-electron chi connectivity index (χ0n) is 10.4. The summed E-state index contributed by atoms with van der Waals surface area (Å²) in [4.78, 5) is 14.6. The molecule has 0 fully saturated rings. The van der Waals surface area contributed by atoms with E-state index in [0.29, 0.717) is 16.5 Å². The molecule has 2 rings (SSSR count). The monoisotopic (exact) mass is 326 g/mol. The highest BCUT2D eigenvalue weighted by molar-refractivity contribution is 9.09. The number of alkyl halides is 1. The van der Waals surface area contributed by atoms with E-state index in [-0.39, 0.29) is 16.4 Å². The summed E-state index contributed by atoms with van der Waals surface area (Å²) >= 11 is 3.42. The smallest absolute Gasteiger partial charge is 0.258 e. The van der Waals surface area contributed by atoms with Crippen LogP contribution in [0, 0.1) is 15.9 Å². The predicted molar refractivity (Wildman–Crippen MR) is 75.2 cm³/mol. The summed E-state index contributed by atoms with van der Waals surface area (Å²) in [6, 6.07) is 4.18. The number of fused-ring (bicyclic) bond motifs is 1. The first-order valence-corrected chi connectivity index (χ1v) is 6.70. The van der Waals surface area contributed by atoms with Crippen molar-refractivity contribution in [2.45, 2.75) is 24.6 Å². The summed E-state index contributed by atoms with van der Waals surface area (Å²) in [6.45, 7) is 3.76. The Kier molecular flexibility index (Phi) is 3.80. The van der Waals surface area contributed by atoms with Crippen LogP contribution in [0.4, 0.5) is 10.1 Å². The van der Waals surface area contributed by atoms with Gasteiger partial charge >= 0.3 is 0 Å². The van der Waals surface area contributed by atoms with Gasteiger partial charge in [0.1, 0.15) is 5.82 Å². The molecule has 0 radical (unpaired) electrons. The summed E-state index contributed by atoms with van der Waals surface area (Å²) in [6.07, 6.45) is 1.51. The number of aromatic nitrogens is 1. The van der Waals surface area contributed by atoms with E-state index in [9.17, 15) is 14.5 Å². The van der Waals surface area contributed by atoms with Crippen LogP contribution < -0.4 is 0 Å². The predicted octanol–water partition coefficient (Wildman–Crippen LogP) is 4.17. The number of rotatable bonds is 3. The van der Waals surface area contributed by atoms with Gasteiger partial charge in [0, 0.05) is 16.6 Å². The number of nitro benzene ring substituents is 1. The summed E-state index contributed by atoms with van der Waals surface area (Å²) in [5.74, 6) is -0.727.